The summed E-state index contributed by atoms with van der Waals surface area (Å²) < 4.78 is 35.3. The average molecular weight is 475 g/mol. The van der Waals surface area contributed by atoms with E-state index in [0.717, 1.165) is 12.1 Å². The van der Waals surface area contributed by atoms with Gasteiger partial charge in [0.1, 0.15) is 17.4 Å². The molecule has 11 heteroatoms. The molecule has 0 bridgehead atoms. The molecule has 3 heterocycles. The third-order valence-corrected chi connectivity index (χ3v) is 7.72. The molecular formula is C22H30N6O4S. The van der Waals surface area contributed by atoms with Crippen molar-refractivity contribution in [2.24, 2.45) is 0 Å². The Morgan fingerprint density at radius 1 is 1.12 bits per heavy atom. The lowest BCUT2D eigenvalue weighted by atomic mass is 10.2. The predicted octanol–water partition coefficient (Wildman–Crippen LogP) is 1.68. The van der Waals surface area contributed by atoms with Gasteiger partial charge in [-0.1, -0.05) is 13.3 Å². The van der Waals surface area contributed by atoms with Gasteiger partial charge < -0.3 is 9.64 Å². The van der Waals surface area contributed by atoms with Crippen LogP contribution in [0.25, 0.3) is 17.0 Å². The van der Waals surface area contributed by atoms with Crippen LogP contribution in [0.4, 0.5) is 0 Å². The Kier molecular flexibility index (Phi) is 6.55. The largest absolute Gasteiger partial charge is 0.493 e. The molecule has 1 fully saturated rings. The van der Waals surface area contributed by atoms with Crippen molar-refractivity contribution in [2.45, 2.75) is 38.5 Å². The predicted molar refractivity (Wildman–Crippen MR) is 125 cm³/mol. The van der Waals surface area contributed by atoms with Crippen LogP contribution in [0.2, 0.25) is 0 Å². The van der Waals surface area contributed by atoms with Crippen molar-refractivity contribution in [3.05, 3.63) is 40.2 Å². The topological polar surface area (TPSA) is 113 Å². The number of aromatic nitrogens is 4. The minimum Gasteiger partial charge on any atom is -0.493 e. The number of piperazine rings is 1. The molecule has 4 rings (SSSR count). The van der Waals surface area contributed by atoms with Crippen LogP contribution < -0.4 is 10.4 Å². The molecule has 0 atom stereocenters. The standard InChI is InChI=1S/C22H30N6O4S/c1-5-7-18-21-24-20(25-22(29)28(21)15(3)23-18)17-14-16(8-9-19(17)32-6-2)33(30,31)27-12-10-26(4)11-13-27/h8-9,14H,5-7,10-13H2,1-4H3,(H,24,25,29). The number of ether oxygens (including phenoxy) is 1. The number of aryl methyl sites for hydroxylation is 2. The van der Waals surface area contributed by atoms with Crippen LogP contribution in [0.3, 0.4) is 0 Å². The number of aromatic amines is 1. The number of hydrogen-bond acceptors (Lipinski definition) is 7. The number of imidazole rings is 1. The molecule has 0 amide bonds. The summed E-state index contributed by atoms with van der Waals surface area (Å²) in [5, 5.41) is 0. The first kappa shape index (κ1) is 23.4. The van der Waals surface area contributed by atoms with Gasteiger partial charge in [-0.3, -0.25) is 4.98 Å². The second-order valence-corrected chi connectivity index (χ2v) is 10.1. The Labute approximate surface area is 193 Å². The van der Waals surface area contributed by atoms with Crippen LogP contribution in [0.5, 0.6) is 5.75 Å². The summed E-state index contributed by atoms with van der Waals surface area (Å²) in [6.07, 6.45) is 1.54. The number of sulfonamides is 1. The summed E-state index contributed by atoms with van der Waals surface area (Å²) in [7, 11) is -1.72. The first-order chi connectivity index (χ1) is 15.8. The maximum absolute atomic E-state index is 13.3. The molecule has 1 aliphatic heterocycles. The van der Waals surface area contributed by atoms with Gasteiger partial charge in [-0.15, -0.1) is 0 Å². The minimum absolute atomic E-state index is 0.145. The highest BCUT2D eigenvalue weighted by Crippen LogP contribution is 2.32. The fourth-order valence-corrected chi connectivity index (χ4v) is 5.52. The fourth-order valence-electron chi connectivity index (χ4n) is 4.07. The van der Waals surface area contributed by atoms with E-state index < -0.39 is 10.0 Å². The van der Waals surface area contributed by atoms with Gasteiger partial charge in [-0.25, -0.2) is 27.6 Å². The van der Waals surface area contributed by atoms with E-state index in [4.69, 9.17) is 4.74 Å². The lowest BCUT2D eigenvalue weighted by molar-refractivity contribution is 0.222. The molecule has 1 aliphatic rings. The SMILES string of the molecule is CCCc1nc(C)n2c(=O)[nH]c(-c3cc(S(=O)(=O)N4CCN(C)CC4)ccc3OCC)nc12. The van der Waals surface area contributed by atoms with Gasteiger partial charge in [0.2, 0.25) is 10.0 Å². The number of likely N-dealkylation sites (N-methyl/N-ethyl adjacent to an activating group) is 1. The number of nitrogens with zero attached hydrogens (tertiary/aromatic N) is 5. The Morgan fingerprint density at radius 2 is 1.85 bits per heavy atom. The highest BCUT2D eigenvalue weighted by atomic mass is 32.2. The molecule has 178 valence electrons. The lowest BCUT2D eigenvalue weighted by Crippen LogP contribution is -2.47. The van der Waals surface area contributed by atoms with E-state index in [-0.39, 0.29) is 16.4 Å². The average Bonchev–Trinajstić information content (AvgIpc) is 3.10. The zero-order valence-electron chi connectivity index (χ0n) is 19.5. The summed E-state index contributed by atoms with van der Waals surface area (Å²) in [4.78, 5) is 27.1. The van der Waals surface area contributed by atoms with Crippen molar-refractivity contribution in [3.63, 3.8) is 0 Å². The molecule has 0 saturated carbocycles. The number of H-pyrrole nitrogens is 1. The van der Waals surface area contributed by atoms with Crippen LogP contribution in [-0.4, -0.2) is 76.8 Å². The molecule has 2 aromatic heterocycles. The van der Waals surface area contributed by atoms with E-state index in [0.29, 0.717) is 62.0 Å². The van der Waals surface area contributed by atoms with Crippen molar-refractivity contribution in [1.29, 1.82) is 0 Å². The molecule has 1 aromatic carbocycles. The van der Waals surface area contributed by atoms with Crippen molar-refractivity contribution in [1.82, 2.24) is 28.6 Å². The van der Waals surface area contributed by atoms with Crippen molar-refractivity contribution in [2.75, 3.05) is 39.8 Å². The van der Waals surface area contributed by atoms with Gasteiger partial charge in [-0.05, 0) is 45.5 Å². The van der Waals surface area contributed by atoms with Gasteiger partial charge in [0.15, 0.2) is 5.65 Å². The molecule has 10 nitrogen and oxygen atoms in total. The molecular weight excluding hydrogens is 444 g/mol. The Morgan fingerprint density at radius 3 is 2.52 bits per heavy atom. The lowest BCUT2D eigenvalue weighted by Gasteiger charge is -2.31. The van der Waals surface area contributed by atoms with E-state index in [1.807, 2.05) is 20.9 Å². The second-order valence-electron chi connectivity index (χ2n) is 8.20. The molecule has 0 spiro atoms. The van der Waals surface area contributed by atoms with E-state index >= 15 is 0 Å². The zero-order chi connectivity index (χ0) is 23.8. The number of rotatable bonds is 7. The maximum Gasteiger partial charge on any atom is 0.334 e. The van der Waals surface area contributed by atoms with Gasteiger partial charge in [0, 0.05) is 26.2 Å². The van der Waals surface area contributed by atoms with Gasteiger partial charge in [0.05, 0.1) is 22.8 Å². The van der Waals surface area contributed by atoms with Crippen molar-refractivity contribution in [3.8, 4) is 17.1 Å². The van der Waals surface area contributed by atoms with Crippen molar-refractivity contribution >= 4 is 15.7 Å². The summed E-state index contributed by atoms with van der Waals surface area (Å²) in [5.41, 5.74) is 1.26. The normalized spacial score (nSPS) is 15.9. The minimum atomic E-state index is -3.70. The summed E-state index contributed by atoms with van der Waals surface area (Å²) in [5.74, 6) is 1.27. The number of hydrogen-bond donors (Lipinski definition) is 1. The quantitative estimate of drug-likeness (QED) is 0.554. The van der Waals surface area contributed by atoms with Crippen molar-refractivity contribution < 1.29 is 13.2 Å². The van der Waals surface area contributed by atoms with E-state index in [2.05, 4.69) is 19.9 Å². The highest BCUT2D eigenvalue weighted by Gasteiger charge is 2.29. The first-order valence-corrected chi connectivity index (χ1v) is 12.6. The Balaban J connectivity index is 1.85. The van der Waals surface area contributed by atoms with E-state index in [1.54, 1.807) is 19.1 Å². The van der Waals surface area contributed by atoms with E-state index in [1.165, 1.54) is 14.8 Å². The second kappa shape index (κ2) is 9.24. The Hall–Kier alpha value is -2.76. The molecule has 1 saturated heterocycles. The fraction of sp³-hybridized carbons (Fsp3) is 0.500. The highest BCUT2D eigenvalue weighted by molar-refractivity contribution is 7.89. The third-order valence-electron chi connectivity index (χ3n) is 5.83. The number of benzene rings is 1. The summed E-state index contributed by atoms with van der Waals surface area (Å²) in [6.45, 7) is 8.24. The molecule has 0 radical (unpaired) electrons. The summed E-state index contributed by atoms with van der Waals surface area (Å²) in [6, 6.07) is 4.71. The van der Waals surface area contributed by atoms with Crippen LogP contribution in [0.15, 0.2) is 27.9 Å². The molecule has 33 heavy (non-hydrogen) atoms. The van der Waals surface area contributed by atoms with Gasteiger partial charge in [-0.2, -0.15) is 4.31 Å². The van der Waals surface area contributed by atoms with Crippen LogP contribution in [0, 0.1) is 6.92 Å². The zero-order valence-corrected chi connectivity index (χ0v) is 20.3. The smallest absolute Gasteiger partial charge is 0.334 e. The first-order valence-electron chi connectivity index (χ1n) is 11.2. The Bertz CT molecular complexity index is 1320. The van der Waals surface area contributed by atoms with E-state index in [9.17, 15) is 13.2 Å². The molecule has 1 N–H and O–H groups in total. The third kappa shape index (κ3) is 4.40. The van der Waals surface area contributed by atoms with Crippen LogP contribution in [-0.2, 0) is 16.4 Å². The van der Waals surface area contributed by atoms with Gasteiger partial charge >= 0.3 is 5.69 Å². The van der Waals surface area contributed by atoms with Crippen LogP contribution >= 0.6 is 0 Å². The molecule has 3 aromatic rings. The molecule has 0 aliphatic carbocycles. The monoisotopic (exact) mass is 474 g/mol. The van der Waals surface area contributed by atoms with Crippen LogP contribution in [0.1, 0.15) is 31.8 Å². The molecule has 0 unspecified atom stereocenters. The number of nitrogens with one attached hydrogen (secondary N) is 1. The number of fused-ring (bicyclic) bond motifs is 1. The maximum atomic E-state index is 13.3. The summed E-state index contributed by atoms with van der Waals surface area (Å²) >= 11 is 0. The van der Waals surface area contributed by atoms with Gasteiger partial charge in [0.25, 0.3) is 0 Å².